The predicted octanol–water partition coefficient (Wildman–Crippen LogP) is 6.23. The number of nitrogens with zero attached hydrogens (tertiary/aromatic N) is 4. The number of azo groups is 1. The molecule has 1 fully saturated rings. The number of aryl methyl sites for hydroxylation is 1. The van der Waals surface area contributed by atoms with Crippen molar-refractivity contribution in [2.45, 2.75) is 45.4 Å². The summed E-state index contributed by atoms with van der Waals surface area (Å²) < 4.78 is 0. The third kappa shape index (κ3) is 6.46. The Labute approximate surface area is 251 Å². The van der Waals surface area contributed by atoms with Crippen LogP contribution in [0.15, 0.2) is 82.1 Å². The molecular formula is C34H37N7O2. The summed E-state index contributed by atoms with van der Waals surface area (Å²) >= 11 is 0. The maximum Gasteiger partial charge on any atom is 0.228 e. The minimum Gasteiger partial charge on any atom is -0.330 e. The summed E-state index contributed by atoms with van der Waals surface area (Å²) in [6.07, 6.45) is 6.21. The number of Topliss-reactive ketones (excluding diaryl/α,β-unsaturated/α-hetero) is 1. The number of carbonyl (C=O) groups excluding carboxylic acids is 2. The van der Waals surface area contributed by atoms with Crippen molar-refractivity contribution in [2.24, 2.45) is 38.7 Å². The Kier molecular flexibility index (Phi) is 8.51. The van der Waals surface area contributed by atoms with E-state index in [1.165, 1.54) is 5.56 Å². The van der Waals surface area contributed by atoms with Gasteiger partial charge in [-0.1, -0.05) is 30.3 Å². The standard InChI is InChI=1S/C34H37N7O2/c1-21-2-15-30-29(19-37-40-30)32(21)25-9-3-22(4-10-25)16-27(17-31(42)24-7-5-23(18-35)6-8-24)34(43)39-28-13-11-26(12-14-28)33-36-20-38-41-33/h2-4,9-15,19,23-24,27H,5-8,16-18,20,35H2,1H3,(H,37,40)(H,39,43)/t23?,24?,27-/m1/s1. The Hall–Kier alpha value is -4.50. The number of aromatic nitrogens is 2. The van der Waals surface area contributed by atoms with E-state index in [2.05, 4.69) is 68.0 Å². The van der Waals surface area contributed by atoms with Gasteiger partial charge in [0.15, 0.2) is 12.5 Å². The number of fused-ring (bicyclic) bond motifs is 1. The minimum absolute atomic E-state index is 0.000431. The molecule has 1 saturated carbocycles. The molecule has 1 amide bonds. The number of anilines is 1. The lowest BCUT2D eigenvalue weighted by molar-refractivity contribution is -0.129. The maximum atomic E-state index is 13.7. The van der Waals surface area contributed by atoms with Crippen molar-refractivity contribution in [1.29, 1.82) is 0 Å². The molecule has 6 rings (SSSR count). The highest BCUT2D eigenvalue weighted by atomic mass is 16.2. The molecule has 1 aliphatic carbocycles. The lowest BCUT2D eigenvalue weighted by atomic mass is 9.77. The molecule has 4 N–H and O–H groups in total. The number of amidine groups is 1. The average molecular weight is 576 g/mol. The van der Waals surface area contributed by atoms with E-state index in [0.717, 1.165) is 58.8 Å². The van der Waals surface area contributed by atoms with Gasteiger partial charge in [-0.2, -0.15) is 10.2 Å². The van der Waals surface area contributed by atoms with E-state index in [4.69, 9.17) is 5.73 Å². The van der Waals surface area contributed by atoms with Crippen LogP contribution < -0.4 is 11.1 Å². The number of amides is 1. The number of hydrogen-bond acceptors (Lipinski definition) is 7. The number of hydrogen-bond donors (Lipinski definition) is 3. The van der Waals surface area contributed by atoms with Crippen LogP contribution in [0.2, 0.25) is 0 Å². The first-order valence-corrected chi connectivity index (χ1v) is 15.1. The number of aromatic amines is 1. The number of aliphatic imine (C=N–C) groups is 1. The van der Waals surface area contributed by atoms with Crippen molar-refractivity contribution >= 4 is 34.1 Å². The van der Waals surface area contributed by atoms with Crippen LogP contribution in [0.4, 0.5) is 5.69 Å². The van der Waals surface area contributed by atoms with Crippen LogP contribution in [-0.2, 0) is 16.0 Å². The van der Waals surface area contributed by atoms with E-state index < -0.39 is 5.92 Å². The third-order valence-corrected chi connectivity index (χ3v) is 8.87. The van der Waals surface area contributed by atoms with Crippen LogP contribution in [0.25, 0.3) is 22.0 Å². The fourth-order valence-corrected chi connectivity index (χ4v) is 6.31. The monoisotopic (exact) mass is 575 g/mol. The van der Waals surface area contributed by atoms with Gasteiger partial charge in [0.1, 0.15) is 5.78 Å². The summed E-state index contributed by atoms with van der Waals surface area (Å²) in [6.45, 7) is 3.11. The second kappa shape index (κ2) is 12.8. The zero-order chi connectivity index (χ0) is 29.8. The molecule has 1 aromatic heterocycles. The van der Waals surface area contributed by atoms with E-state index in [9.17, 15) is 9.59 Å². The summed E-state index contributed by atoms with van der Waals surface area (Å²) in [5.74, 6) is 0.621. The van der Waals surface area contributed by atoms with Crippen molar-refractivity contribution in [1.82, 2.24) is 10.2 Å². The smallest absolute Gasteiger partial charge is 0.228 e. The molecule has 4 aromatic rings. The number of nitrogens with two attached hydrogens (primary N) is 1. The Bertz CT molecular complexity index is 1660. The number of carbonyl (C=O) groups is 2. The molecule has 0 spiro atoms. The Morgan fingerprint density at radius 2 is 1.72 bits per heavy atom. The third-order valence-electron chi connectivity index (χ3n) is 8.87. The highest BCUT2D eigenvalue weighted by molar-refractivity contribution is 6.01. The molecule has 220 valence electrons. The number of rotatable bonds is 10. The predicted molar refractivity (Wildman–Crippen MR) is 169 cm³/mol. The van der Waals surface area contributed by atoms with Crippen LogP contribution in [0.1, 0.15) is 48.8 Å². The lowest BCUT2D eigenvalue weighted by Gasteiger charge is -2.27. The molecule has 0 unspecified atom stereocenters. The molecule has 43 heavy (non-hydrogen) atoms. The lowest BCUT2D eigenvalue weighted by Crippen LogP contribution is -2.31. The van der Waals surface area contributed by atoms with Crippen molar-refractivity contribution in [3.63, 3.8) is 0 Å². The molecule has 2 heterocycles. The molecule has 0 radical (unpaired) electrons. The second-order valence-electron chi connectivity index (χ2n) is 11.7. The van der Waals surface area contributed by atoms with E-state index >= 15 is 0 Å². The Morgan fingerprint density at radius 1 is 0.977 bits per heavy atom. The van der Waals surface area contributed by atoms with Gasteiger partial charge in [0.25, 0.3) is 0 Å². The van der Waals surface area contributed by atoms with Crippen LogP contribution >= 0.6 is 0 Å². The SMILES string of the molecule is Cc1ccc2[nH]ncc2c1-c1ccc(C[C@H](CC(=O)C2CCC(CN)CC2)C(=O)Nc2ccc(C3=NCN=N3)cc2)cc1. The van der Waals surface area contributed by atoms with E-state index in [1.54, 1.807) is 0 Å². The zero-order valence-electron chi connectivity index (χ0n) is 24.4. The van der Waals surface area contributed by atoms with Gasteiger partial charge in [-0.05, 0) is 104 Å². The van der Waals surface area contributed by atoms with Crippen LogP contribution in [0.5, 0.6) is 0 Å². The second-order valence-corrected chi connectivity index (χ2v) is 11.7. The molecule has 1 atom stereocenters. The van der Waals surface area contributed by atoms with Gasteiger partial charge in [-0.15, -0.1) is 5.11 Å². The summed E-state index contributed by atoms with van der Waals surface area (Å²) in [5, 5.41) is 19.3. The van der Waals surface area contributed by atoms with Gasteiger partial charge >= 0.3 is 0 Å². The largest absolute Gasteiger partial charge is 0.330 e. The van der Waals surface area contributed by atoms with Gasteiger partial charge in [0, 0.05) is 34.9 Å². The Balaban J connectivity index is 1.20. The van der Waals surface area contributed by atoms with E-state index in [-0.39, 0.29) is 24.0 Å². The first-order valence-electron chi connectivity index (χ1n) is 15.1. The summed E-state index contributed by atoms with van der Waals surface area (Å²) in [6, 6.07) is 19.9. The van der Waals surface area contributed by atoms with E-state index in [0.29, 0.717) is 37.1 Å². The molecule has 0 saturated heterocycles. The van der Waals surface area contributed by atoms with Crippen molar-refractivity contribution in [3.05, 3.63) is 83.6 Å². The van der Waals surface area contributed by atoms with Gasteiger partial charge in [0.05, 0.1) is 11.7 Å². The quantitative estimate of drug-likeness (QED) is 0.206. The zero-order valence-corrected chi connectivity index (χ0v) is 24.4. The van der Waals surface area contributed by atoms with E-state index in [1.807, 2.05) is 36.5 Å². The minimum atomic E-state index is -0.489. The Morgan fingerprint density at radius 3 is 2.42 bits per heavy atom. The molecular weight excluding hydrogens is 538 g/mol. The topological polar surface area (TPSA) is 138 Å². The van der Waals surface area contributed by atoms with Crippen LogP contribution in [0, 0.1) is 24.7 Å². The highest BCUT2D eigenvalue weighted by Crippen LogP contribution is 2.33. The first kappa shape index (κ1) is 28.6. The fraction of sp³-hybridized carbons (Fsp3) is 0.353. The van der Waals surface area contributed by atoms with Crippen LogP contribution in [-0.4, -0.2) is 40.9 Å². The van der Waals surface area contributed by atoms with Gasteiger partial charge in [-0.25, -0.2) is 4.99 Å². The maximum absolute atomic E-state index is 13.7. The normalized spacial score (nSPS) is 18.9. The number of benzene rings is 3. The number of nitrogens with one attached hydrogen (secondary N) is 2. The first-order chi connectivity index (χ1) is 21.0. The van der Waals surface area contributed by atoms with Gasteiger partial charge < -0.3 is 11.1 Å². The molecule has 9 nitrogen and oxygen atoms in total. The van der Waals surface area contributed by atoms with Gasteiger partial charge in [-0.3, -0.25) is 14.7 Å². The molecule has 0 bridgehead atoms. The van der Waals surface area contributed by atoms with Gasteiger partial charge in [0.2, 0.25) is 5.91 Å². The van der Waals surface area contributed by atoms with Crippen molar-refractivity contribution < 1.29 is 9.59 Å². The summed E-state index contributed by atoms with van der Waals surface area (Å²) in [7, 11) is 0. The van der Waals surface area contributed by atoms with Crippen LogP contribution in [0.3, 0.4) is 0 Å². The molecule has 3 aromatic carbocycles. The van der Waals surface area contributed by atoms with Crippen molar-refractivity contribution in [2.75, 3.05) is 18.5 Å². The molecule has 1 aliphatic heterocycles. The highest BCUT2D eigenvalue weighted by Gasteiger charge is 2.30. The summed E-state index contributed by atoms with van der Waals surface area (Å²) in [5.41, 5.74) is 12.8. The summed E-state index contributed by atoms with van der Waals surface area (Å²) in [4.78, 5) is 31.4. The van der Waals surface area contributed by atoms with Crippen molar-refractivity contribution in [3.8, 4) is 11.1 Å². The molecule has 2 aliphatic rings. The number of H-pyrrole nitrogens is 1. The fourth-order valence-electron chi connectivity index (χ4n) is 6.31. The number of ketones is 1. The molecule has 9 heteroatoms. The average Bonchev–Trinajstić information content (AvgIpc) is 3.75.